The molecule has 1 amide bonds. The number of piperidine rings is 1. The number of carbonyl (C=O) groups excluding carboxylic acids is 1. The summed E-state index contributed by atoms with van der Waals surface area (Å²) >= 11 is 0. The Bertz CT molecular complexity index is 946. The van der Waals surface area contributed by atoms with E-state index >= 15 is 0 Å². The molecule has 0 bridgehead atoms. The summed E-state index contributed by atoms with van der Waals surface area (Å²) in [5.74, 6) is 1.31. The van der Waals surface area contributed by atoms with E-state index in [1.54, 1.807) is 41.4 Å². The summed E-state index contributed by atoms with van der Waals surface area (Å²) in [5.41, 5.74) is 0.442. The number of pyridine rings is 1. The molecule has 1 atom stereocenters. The quantitative estimate of drug-likeness (QED) is 0.636. The van der Waals surface area contributed by atoms with Gasteiger partial charge in [0.15, 0.2) is 5.82 Å². The lowest BCUT2D eigenvalue weighted by molar-refractivity contribution is 0.0689. The lowest BCUT2D eigenvalue weighted by Gasteiger charge is -2.30. The van der Waals surface area contributed by atoms with Crippen LogP contribution in [0.2, 0.25) is 0 Å². The molecule has 8 heteroatoms. The van der Waals surface area contributed by atoms with E-state index in [0.29, 0.717) is 49.3 Å². The van der Waals surface area contributed by atoms with Gasteiger partial charge in [-0.1, -0.05) is 11.2 Å². The molecule has 1 saturated heterocycles. The van der Waals surface area contributed by atoms with Crippen LogP contribution < -0.4 is 4.74 Å². The molecule has 7 nitrogen and oxygen atoms in total. The molecule has 29 heavy (non-hydrogen) atoms. The largest absolute Gasteiger partial charge is 0.493 e. The van der Waals surface area contributed by atoms with Crippen LogP contribution in [0, 0.1) is 5.82 Å². The van der Waals surface area contributed by atoms with Crippen molar-refractivity contribution in [3.05, 3.63) is 71.9 Å². The van der Waals surface area contributed by atoms with E-state index in [4.69, 9.17) is 9.26 Å². The lowest BCUT2D eigenvalue weighted by Crippen LogP contribution is -2.39. The van der Waals surface area contributed by atoms with Crippen molar-refractivity contribution in [2.24, 2.45) is 0 Å². The Morgan fingerprint density at radius 2 is 2.10 bits per heavy atom. The minimum atomic E-state index is -0.303. The first-order valence-corrected chi connectivity index (χ1v) is 9.60. The number of nitrogens with zero attached hydrogens (tertiary/aromatic N) is 4. The smallest absolute Gasteiger partial charge is 0.272 e. The molecule has 4 rings (SSSR count). The predicted octanol–water partition coefficient (Wildman–Crippen LogP) is 3.25. The minimum Gasteiger partial charge on any atom is -0.493 e. The third kappa shape index (κ3) is 4.77. The zero-order valence-corrected chi connectivity index (χ0v) is 15.8. The molecule has 0 spiro atoms. The number of likely N-dealkylation sites (tertiary alicyclic amines) is 1. The predicted molar refractivity (Wildman–Crippen MR) is 102 cm³/mol. The van der Waals surface area contributed by atoms with Gasteiger partial charge in [-0.3, -0.25) is 9.78 Å². The van der Waals surface area contributed by atoms with Crippen molar-refractivity contribution in [1.29, 1.82) is 0 Å². The molecule has 3 heterocycles. The highest BCUT2D eigenvalue weighted by Gasteiger charge is 2.29. The van der Waals surface area contributed by atoms with Gasteiger partial charge in [0, 0.05) is 25.7 Å². The number of benzene rings is 1. The molecule has 1 aromatic carbocycles. The van der Waals surface area contributed by atoms with Gasteiger partial charge in [0.2, 0.25) is 5.89 Å². The third-order valence-electron chi connectivity index (χ3n) is 4.83. The van der Waals surface area contributed by atoms with Crippen molar-refractivity contribution in [3.8, 4) is 5.75 Å². The number of amides is 1. The molecule has 1 aliphatic heterocycles. The zero-order chi connectivity index (χ0) is 20.1. The number of hydrogen-bond donors (Lipinski definition) is 0. The molecule has 0 radical (unpaired) electrons. The zero-order valence-electron chi connectivity index (χ0n) is 15.8. The highest BCUT2D eigenvalue weighted by molar-refractivity contribution is 5.92. The molecule has 150 valence electrons. The Balaban J connectivity index is 1.32. The minimum absolute atomic E-state index is 0.00989. The van der Waals surface area contributed by atoms with Crippen molar-refractivity contribution in [1.82, 2.24) is 20.0 Å². The first-order chi connectivity index (χ1) is 14.2. The number of rotatable bonds is 6. The summed E-state index contributed by atoms with van der Waals surface area (Å²) in [7, 11) is 0. The van der Waals surface area contributed by atoms with Crippen molar-refractivity contribution < 1.29 is 18.4 Å². The molecule has 0 saturated carbocycles. The van der Waals surface area contributed by atoms with Crippen LogP contribution in [0.25, 0.3) is 0 Å². The molecule has 0 aliphatic carbocycles. The maximum absolute atomic E-state index is 12.9. The van der Waals surface area contributed by atoms with Crippen molar-refractivity contribution in [2.75, 3.05) is 19.7 Å². The molecule has 3 aromatic rings. The van der Waals surface area contributed by atoms with Crippen molar-refractivity contribution in [3.63, 3.8) is 0 Å². The first kappa shape index (κ1) is 19.0. The van der Waals surface area contributed by atoms with Crippen LogP contribution in [0.5, 0.6) is 5.75 Å². The van der Waals surface area contributed by atoms with Gasteiger partial charge in [-0.05, 0) is 49.2 Å². The Kier molecular flexibility index (Phi) is 5.79. The van der Waals surface area contributed by atoms with Gasteiger partial charge in [0.05, 0.1) is 12.5 Å². The fourth-order valence-electron chi connectivity index (χ4n) is 3.34. The topological polar surface area (TPSA) is 81.4 Å². The highest BCUT2D eigenvalue weighted by Crippen LogP contribution is 2.26. The van der Waals surface area contributed by atoms with Gasteiger partial charge in [-0.2, -0.15) is 4.98 Å². The van der Waals surface area contributed by atoms with Gasteiger partial charge in [0.1, 0.15) is 17.3 Å². The highest BCUT2D eigenvalue weighted by atomic mass is 19.1. The Morgan fingerprint density at radius 1 is 1.24 bits per heavy atom. The van der Waals surface area contributed by atoms with E-state index < -0.39 is 0 Å². The SMILES string of the molecule is O=C(c1ccccn1)N1CCCC(c2nc(CCOc3ccc(F)cc3)no2)C1. The van der Waals surface area contributed by atoms with Crippen LogP contribution >= 0.6 is 0 Å². The fraction of sp³-hybridized carbons (Fsp3) is 0.333. The summed E-state index contributed by atoms with van der Waals surface area (Å²) in [6.07, 6.45) is 3.85. The number of halogens is 1. The van der Waals surface area contributed by atoms with Crippen LogP contribution in [0.3, 0.4) is 0 Å². The second-order valence-electron chi connectivity index (χ2n) is 6.91. The normalized spacial score (nSPS) is 16.6. The van der Waals surface area contributed by atoms with Crippen LogP contribution in [0.15, 0.2) is 53.2 Å². The monoisotopic (exact) mass is 396 g/mol. The molecular weight excluding hydrogens is 375 g/mol. The average Bonchev–Trinajstić information content (AvgIpc) is 3.24. The average molecular weight is 396 g/mol. The summed E-state index contributed by atoms with van der Waals surface area (Å²) in [5, 5.41) is 4.02. The maximum Gasteiger partial charge on any atom is 0.272 e. The third-order valence-corrected chi connectivity index (χ3v) is 4.83. The van der Waals surface area contributed by atoms with Crippen LogP contribution in [-0.4, -0.2) is 45.6 Å². The summed E-state index contributed by atoms with van der Waals surface area (Å²) in [4.78, 5) is 23.0. The fourth-order valence-corrected chi connectivity index (χ4v) is 3.34. The van der Waals surface area contributed by atoms with E-state index in [2.05, 4.69) is 15.1 Å². The molecule has 1 unspecified atom stereocenters. The Hall–Kier alpha value is -3.29. The van der Waals surface area contributed by atoms with Gasteiger partial charge >= 0.3 is 0 Å². The van der Waals surface area contributed by atoms with E-state index in [1.807, 2.05) is 0 Å². The number of ether oxygens (including phenoxy) is 1. The van der Waals surface area contributed by atoms with Crippen molar-refractivity contribution >= 4 is 5.91 Å². The van der Waals surface area contributed by atoms with Crippen molar-refractivity contribution in [2.45, 2.75) is 25.2 Å². The van der Waals surface area contributed by atoms with Crippen LogP contribution in [-0.2, 0) is 6.42 Å². The van der Waals surface area contributed by atoms with E-state index in [0.717, 1.165) is 12.8 Å². The van der Waals surface area contributed by atoms with E-state index in [1.165, 1.54) is 12.1 Å². The van der Waals surface area contributed by atoms with Crippen LogP contribution in [0.1, 0.15) is 41.0 Å². The first-order valence-electron chi connectivity index (χ1n) is 9.60. The second kappa shape index (κ2) is 8.81. The number of carbonyl (C=O) groups is 1. The van der Waals surface area contributed by atoms with Crippen LogP contribution in [0.4, 0.5) is 4.39 Å². The lowest BCUT2D eigenvalue weighted by atomic mass is 9.97. The molecule has 2 aromatic heterocycles. The number of aromatic nitrogens is 3. The van der Waals surface area contributed by atoms with E-state index in [9.17, 15) is 9.18 Å². The standard InChI is InChI=1S/C21H21FN4O3/c22-16-6-8-17(9-7-16)28-13-10-19-24-20(29-25-19)15-4-3-12-26(14-15)21(27)18-5-1-2-11-23-18/h1-2,5-9,11,15H,3-4,10,12-14H2. The van der Waals surface area contributed by atoms with E-state index in [-0.39, 0.29) is 17.6 Å². The maximum atomic E-state index is 12.9. The molecule has 1 fully saturated rings. The number of hydrogen-bond acceptors (Lipinski definition) is 6. The molecule has 1 aliphatic rings. The summed E-state index contributed by atoms with van der Waals surface area (Å²) in [6.45, 7) is 1.58. The Morgan fingerprint density at radius 3 is 2.90 bits per heavy atom. The van der Waals surface area contributed by atoms with Gasteiger partial charge in [-0.25, -0.2) is 4.39 Å². The Labute approximate surface area is 167 Å². The summed E-state index contributed by atoms with van der Waals surface area (Å²) < 4.78 is 23.9. The molecule has 0 N–H and O–H groups in total. The molecular formula is C21H21FN4O3. The summed E-state index contributed by atoms with van der Waals surface area (Å²) in [6, 6.07) is 11.2. The van der Waals surface area contributed by atoms with Gasteiger partial charge in [-0.15, -0.1) is 0 Å². The van der Waals surface area contributed by atoms with Gasteiger partial charge in [0.25, 0.3) is 5.91 Å². The van der Waals surface area contributed by atoms with Gasteiger partial charge < -0.3 is 14.2 Å². The second-order valence-corrected chi connectivity index (χ2v) is 6.91.